The molecule has 2 atom stereocenters. The molecule has 15 heavy (non-hydrogen) atoms. The largest absolute Gasteiger partial charge is 0.383 e. The first-order chi connectivity index (χ1) is 7.25. The van der Waals surface area contributed by atoms with E-state index in [9.17, 15) is 0 Å². The molecule has 0 amide bonds. The first kappa shape index (κ1) is 12.9. The Balaban J connectivity index is 2.21. The number of rotatable bonds is 6. The summed E-state index contributed by atoms with van der Waals surface area (Å²) < 4.78 is 10.4. The number of hydrogen-bond acceptors (Lipinski definition) is 3. The summed E-state index contributed by atoms with van der Waals surface area (Å²) in [6, 6.07) is 0.572. The quantitative estimate of drug-likeness (QED) is 0.684. The van der Waals surface area contributed by atoms with Gasteiger partial charge in [0, 0.05) is 32.9 Å². The maximum atomic E-state index is 5.39. The lowest BCUT2D eigenvalue weighted by atomic mass is 9.83. The molecule has 1 aliphatic heterocycles. The van der Waals surface area contributed by atoms with E-state index >= 15 is 0 Å². The van der Waals surface area contributed by atoms with Crippen molar-refractivity contribution in [1.82, 2.24) is 5.32 Å². The van der Waals surface area contributed by atoms with E-state index in [1.807, 2.05) is 0 Å². The van der Waals surface area contributed by atoms with Crippen molar-refractivity contribution in [3.8, 4) is 0 Å². The molecule has 1 rings (SSSR count). The summed E-state index contributed by atoms with van der Waals surface area (Å²) in [4.78, 5) is 0. The molecule has 1 heterocycles. The summed E-state index contributed by atoms with van der Waals surface area (Å²) >= 11 is 0. The lowest BCUT2D eigenvalue weighted by molar-refractivity contribution is 0.0432. The van der Waals surface area contributed by atoms with E-state index in [4.69, 9.17) is 9.47 Å². The van der Waals surface area contributed by atoms with Gasteiger partial charge in [0.1, 0.15) is 0 Å². The summed E-state index contributed by atoms with van der Waals surface area (Å²) in [6.07, 6.45) is 2.44. The third kappa shape index (κ3) is 4.49. The molecule has 3 heteroatoms. The molecule has 2 unspecified atom stereocenters. The lowest BCUT2D eigenvalue weighted by Crippen LogP contribution is -2.39. The maximum Gasteiger partial charge on any atom is 0.0587 e. The SMILES string of the molecule is COCCNC(C)C(C)C1CCOCC1. The molecule has 1 saturated heterocycles. The predicted octanol–water partition coefficient (Wildman–Crippen LogP) is 1.67. The average molecular weight is 215 g/mol. The van der Waals surface area contributed by atoms with Crippen LogP contribution in [0.3, 0.4) is 0 Å². The zero-order chi connectivity index (χ0) is 11.1. The Bertz CT molecular complexity index is 158. The Labute approximate surface area is 93.5 Å². The van der Waals surface area contributed by atoms with Gasteiger partial charge < -0.3 is 14.8 Å². The second kappa shape index (κ2) is 7.20. The number of nitrogens with one attached hydrogen (secondary N) is 1. The fourth-order valence-corrected chi connectivity index (χ4v) is 2.22. The van der Waals surface area contributed by atoms with Crippen molar-refractivity contribution in [3.63, 3.8) is 0 Å². The molecule has 0 radical (unpaired) electrons. The normalized spacial score (nSPS) is 22.6. The van der Waals surface area contributed by atoms with Crippen molar-refractivity contribution in [2.24, 2.45) is 11.8 Å². The van der Waals surface area contributed by atoms with Crippen LogP contribution < -0.4 is 5.32 Å². The second-order valence-electron chi connectivity index (χ2n) is 4.54. The third-order valence-electron chi connectivity index (χ3n) is 3.57. The topological polar surface area (TPSA) is 30.5 Å². The van der Waals surface area contributed by atoms with Gasteiger partial charge in [-0.15, -0.1) is 0 Å². The minimum absolute atomic E-state index is 0.572. The van der Waals surface area contributed by atoms with Crippen LogP contribution in [-0.4, -0.2) is 39.5 Å². The summed E-state index contributed by atoms with van der Waals surface area (Å²) in [5.41, 5.74) is 0. The summed E-state index contributed by atoms with van der Waals surface area (Å²) in [5.74, 6) is 1.55. The fourth-order valence-electron chi connectivity index (χ4n) is 2.22. The van der Waals surface area contributed by atoms with E-state index in [0.717, 1.165) is 38.2 Å². The van der Waals surface area contributed by atoms with Crippen LogP contribution in [0, 0.1) is 11.8 Å². The average Bonchev–Trinajstić information content (AvgIpc) is 2.29. The zero-order valence-corrected chi connectivity index (χ0v) is 10.3. The van der Waals surface area contributed by atoms with Crippen LogP contribution in [0.15, 0.2) is 0 Å². The first-order valence-electron chi connectivity index (χ1n) is 6.05. The zero-order valence-electron chi connectivity index (χ0n) is 10.3. The van der Waals surface area contributed by atoms with Gasteiger partial charge in [0.25, 0.3) is 0 Å². The van der Waals surface area contributed by atoms with Crippen molar-refractivity contribution in [2.75, 3.05) is 33.5 Å². The Morgan fingerprint density at radius 1 is 1.33 bits per heavy atom. The Morgan fingerprint density at radius 2 is 2.00 bits per heavy atom. The van der Waals surface area contributed by atoms with Crippen molar-refractivity contribution >= 4 is 0 Å². The molecule has 0 bridgehead atoms. The second-order valence-corrected chi connectivity index (χ2v) is 4.54. The molecule has 1 fully saturated rings. The van der Waals surface area contributed by atoms with Crippen LogP contribution in [0.1, 0.15) is 26.7 Å². The minimum atomic E-state index is 0.572. The van der Waals surface area contributed by atoms with Gasteiger partial charge in [0.2, 0.25) is 0 Å². The summed E-state index contributed by atoms with van der Waals surface area (Å²) in [7, 11) is 1.74. The highest BCUT2D eigenvalue weighted by Crippen LogP contribution is 2.25. The van der Waals surface area contributed by atoms with Gasteiger partial charge in [-0.1, -0.05) is 6.92 Å². The van der Waals surface area contributed by atoms with E-state index in [1.165, 1.54) is 12.8 Å². The standard InChI is InChI=1S/C12H25NO2/c1-10(11(2)13-6-9-14-3)12-4-7-15-8-5-12/h10-13H,4-9H2,1-3H3. The Kier molecular flexibility index (Phi) is 6.22. The molecule has 3 nitrogen and oxygen atoms in total. The molecule has 0 aliphatic carbocycles. The molecular formula is C12H25NO2. The maximum absolute atomic E-state index is 5.39. The van der Waals surface area contributed by atoms with Crippen molar-refractivity contribution in [3.05, 3.63) is 0 Å². The minimum Gasteiger partial charge on any atom is -0.383 e. The molecule has 0 aromatic rings. The highest BCUT2D eigenvalue weighted by molar-refractivity contribution is 4.77. The van der Waals surface area contributed by atoms with Crippen LogP contribution in [-0.2, 0) is 9.47 Å². The van der Waals surface area contributed by atoms with Gasteiger partial charge in [-0.25, -0.2) is 0 Å². The van der Waals surface area contributed by atoms with Crippen LogP contribution in [0.4, 0.5) is 0 Å². The monoisotopic (exact) mass is 215 g/mol. The number of hydrogen-bond donors (Lipinski definition) is 1. The van der Waals surface area contributed by atoms with E-state index in [0.29, 0.717) is 6.04 Å². The molecule has 90 valence electrons. The first-order valence-corrected chi connectivity index (χ1v) is 6.05. The van der Waals surface area contributed by atoms with Gasteiger partial charge in [-0.3, -0.25) is 0 Å². The molecule has 0 aromatic carbocycles. The van der Waals surface area contributed by atoms with Crippen molar-refractivity contribution in [2.45, 2.75) is 32.7 Å². The molecule has 0 saturated carbocycles. The smallest absolute Gasteiger partial charge is 0.0587 e. The van der Waals surface area contributed by atoms with Crippen molar-refractivity contribution < 1.29 is 9.47 Å². The van der Waals surface area contributed by atoms with Gasteiger partial charge in [0.05, 0.1) is 6.61 Å². The fraction of sp³-hybridized carbons (Fsp3) is 1.00. The van der Waals surface area contributed by atoms with E-state index in [2.05, 4.69) is 19.2 Å². The van der Waals surface area contributed by atoms with Crippen LogP contribution in [0.25, 0.3) is 0 Å². The van der Waals surface area contributed by atoms with Crippen LogP contribution in [0.5, 0.6) is 0 Å². The van der Waals surface area contributed by atoms with E-state index in [1.54, 1.807) is 7.11 Å². The van der Waals surface area contributed by atoms with E-state index < -0.39 is 0 Å². The van der Waals surface area contributed by atoms with Gasteiger partial charge in [-0.05, 0) is 31.6 Å². The van der Waals surface area contributed by atoms with E-state index in [-0.39, 0.29) is 0 Å². The van der Waals surface area contributed by atoms with Crippen LogP contribution >= 0.6 is 0 Å². The number of ether oxygens (including phenoxy) is 2. The Hall–Kier alpha value is -0.120. The summed E-state index contributed by atoms with van der Waals surface area (Å²) in [5, 5.41) is 3.51. The Morgan fingerprint density at radius 3 is 2.60 bits per heavy atom. The third-order valence-corrected chi connectivity index (χ3v) is 3.57. The lowest BCUT2D eigenvalue weighted by Gasteiger charge is -2.32. The van der Waals surface area contributed by atoms with Gasteiger partial charge in [0.15, 0.2) is 0 Å². The highest BCUT2D eigenvalue weighted by Gasteiger charge is 2.24. The molecule has 1 aliphatic rings. The highest BCUT2D eigenvalue weighted by atomic mass is 16.5. The molecule has 1 N–H and O–H groups in total. The van der Waals surface area contributed by atoms with Gasteiger partial charge >= 0.3 is 0 Å². The molecule has 0 aromatic heterocycles. The summed E-state index contributed by atoms with van der Waals surface area (Å²) in [6.45, 7) is 8.26. The van der Waals surface area contributed by atoms with Crippen molar-refractivity contribution in [1.29, 1.82) is 0 Å². The van der Waals surface area contributed by atoms with Gasteiger partial charge in [-0.2, -0.15) is 0 Å². The molecular weight excluding hydrogens is 190 g/mol. The predicted molar refractivity (Wildman–Crippen MR) is 62.0 cm³/mol. The van der Waals surface area contributed by atoms with Crippen LogP contribution in [0.2, 0.25) is 0 Å². The molecule has 0 spiro atoms. The number of methoxy groups -OCH3 is 1.